The van der Waals surface area contributed by atoms with E-state index in [0.29, 0.717) is 10.7 Å². The Morgan fingerprint density at radius 1 is 1.27 bits per heavy atom. The van der Waals surface area contributed by atoms with Crippen molar-refractivity contribution in [3.63, 3.8) is 0 Å². The minimum Gasteiger partial charge on any atom is -0.385 e. The van der Waals surface area contributed by atoms with E-state index in [1.165, 1.54) is 6.07 Å². The van der Waals surface area contributed by atoms with E-state index in [2.05, 4.69) is 15.6 Å². The molecular weight excluding hydrogens is 373 g/mol. The Morgan fingerprint density at radius 3 is 2.73 bits per heavy atom. The Kier molecular flexibility index (Phi) is 4.73. The van der Waals surface area contributed by atoms with Crippen molar-refractivity contribution in [2.45, 2.75) is 13.1 Å². The second-order valence-corrected chi connectivity index (χ2v) is 5.88. The SMILES string of the molecule is Cc1ccc(NC(=O)COn2nnc3ccc(C(F)(F)F)cc32)c(Cl)c1. The van der Waals surface area contributed by atoms with Gasteiger partial charge >= 0.3 is 6.18 Å². The van der Waals surface area contributed by atoms with Gasteiger partial charge < -0.3 is 10.2 Å². The molecule has 1 heterocycles. The van der Waals surface area contributed by atoms with Gasteiger partial charge in [0.05, 0.1) is 16.3 Å². The van der Waals surface area contributed by atoms with E-state index in [1.807, 2.05) is 6.92 Å². The topological polar surface area (TPSA) is 69.0 Å². The molecular formula is C16H12ClF3N4O2. The number of fused-ring (bicyclic) bond motifs is 1. The largest absolute Gasteiger partial charge is 0.416 e. The standard InChI is InChI=1S/C16H12ClF3N4O2/c1-9-2-4-12(11(17)6-9)21-15(25)8-26-24-14-7-10(16(18,19)20)3-5-13(14)22-23-24/h2-7H,8H2,1H3,(H,21,25). The first-order chi connectivity index (χ1) is 12.2. The lowest BCUT2D eigenvalue weighted by Gasteiger charge is -2.09. The Hall–Kier alpha value is -2.81. The van der Waals surface area contributed by atoms with E-state index in [4.69, 9.17) is 16.4 Å². The fourth-order valence-electron chi connectivity index (χ4n) is 2.20. The normalized spacial score (nSPS) is 11.6. The number of aromatic nitrogens is 3. The van der Waals surface area contributed by atoms with Gasteiger partial charge in [-0.3, -0.25) is 4.79 Å². The molecule has 0 fully saturated rings. The summed E-state index contributed by atoms with van der Waals surface area (Å²) < 4.78 is 38.4. The van der Waals surface area contributed by atoms with Gasteiger partial charge in [-0.25, -0.2) is 0 Å². The third kappa shape index (κ3) is 3.88. The van der Waals surface area contributed by atoms with Gasteiger partial charge in [0.25, 0.3) is 5.91 Å². The molecule has 0 aliphatic rings. The van der Waals surface area contributed by atoms with Crippen molar-refractivity contribution in [2.24, 2.45) is 0 Å². The maximum absolute atomic E-state index is 12.8. The number of halogens is 4. The lowest BCUT2D eigenvalue weighted by atomic mass is 10.2. The van der Waals surface area contributed by atoms with Gasteiger partial charge in [-0.1, -0.05) is 22.5 Å². The van der Waals surface area contributed by atoms with Gasteiger partial charge in [-0.2, -0.15) is 13.2 Å². The quantitative estimate of drug-likeness (QED) is 0.747. The molecule has 0 unspecified atom stereocenters. The summed E-state index contributed by atoms with van der Waals surface area (Å²) in [6.45, 7) is 1.37. The van der Waals surface area contributed by atoms with Crippen molar-refractivity contribution in [1.29, 1.82) is 0 Å². The molecule has 1 amide bonds. The van der Waals surface area contributed by atoms with E-state index in [1.54, 1.807) is 18.2 Å². The maximum Gasteiger partial charge on any atom is 0.416 e. The van der Waals surface area contributed by atoms with Gasteiger partial charge in [0.15, 0.2) is 6.61 Å². The van der Waals surface area contributed by atoms with Crippen molar-refractivity contribution in [1.82, 2.24) is 15.2 Å². The van der Waals surface area contributed by atoms with Crippen LogP contribution in [0.5, 0.6) is 0 Å². The third-order valence-corrected chi connectivity index (χ3v) is 3.77. The van der Waals surface area contributed by atoms with Crippen LogP contribution in [0, 0.1) is 6.92 Å². The fourth-order valence-corrected chi connectivity index (χ4v) is 2.48. The zero-order valence-corrected chi connectivity index (χ0v) is 14.1. The maximum atomic E-state index is 12.8. The van der Waals surface area contributed by atoms with Gasteiger partial charge in [-0.15, -0.1) is 5.10 Å². The summed E-state index contributed by atoms with van der Waals surface area (Å²) in [5, 5.41) is 10.2. The number of carbonyl (C=O) groups excluding carboxylic acids is 1. The fraction of sp³-hybridized carbons (Fsp3) is 0.188. The summed E-state index contributed by atoms with van der Waals surface area (Å²) in [6, 6.07) is 8.01. The van der Waals surface area contributed by atoms with E-state index >= 15 is 0 Å². The van der Waals surface area contributed by atoms with Gasteiger partial charge in [0.2, 0.25) is 0 Å². The van der Waals surface area contributed by atoms with Gasteiger partial charge in [0, 0.05) is 0 Å². The summed E-state index contributed by atoms with van der Waals surface area (Å²) in [7, 11) is 0. The van der Waals surface area contributed by atoms with Crippen LogP contribution in [0.15, 0.2) is 36.4 Å². The van der Waals surface area contributed by atoms with Crippen LogP contribution in [0.3, 0.4) is 0 Å². The van der Waals surface area contributed by atoms with Crippen LogP contribution in [-0.2, 0) is 11.0 Å². The number of aryl methyl sites for hydroxylation is 1. The Balaban J connectivity index is 1.72. The van der Waals surface area contributed by atoms with E-state index < -0.39 is 24.3 Å². The number of carbonyl (C=O) groups is 1. The molecule has 0 radical (unpaired) electrons. The van der Waals surface area contributed by atoms with Crippen LogP contribution in [0.1, 0.15) is 11.1 Å². The Morgan fingerprint density at radius 2 is 2.04 bits per heavy atom. The number of amides is 1. The zero-order chi connectivity index (χ0) is 18.9. The number of nitrogens with zero attached hydrogens (tertiary/aromatic N) is 3. The van der Waals surface area contributed by atoms with Crippen molar-refractivity contribution in [3.8, 4) is 0 Å². The molecule has 0 saturated heterocycles. The first-order valence-electron chi connectivity index (χ1n) is 7.36. The second kappa shape index (κ2) is 6.83. The van der Waals surface area contributed by atoms with Crippen LogP contribution in [-0.4, -0.2) is 27.7 Å². The monoisotopic (exact) mass is 384 g/mol. The molecule has 0 saturated carbocycles. The highest BCUT2D eigenvalue weighted by Gasteiger charge is 2.31. The first kappa shape index (κ1) is 18.0. The lowest BCUT2D eigenvalue weighted by Crippen LogP contribution is -2.26. The summed E-state index contributed by atoms with van der Waals surface area (Å²) >= 11 is 6.02. The number of rotatable bonds is 4. The Labute approximate surface area is 150 Å². The first-order valence-corrected chi connectivity index (χ1v) is 7.74. The third-order valence-electron chi connectivity index (χ3n) is 3.46. The minimum atomic E-state index is -4.51. The molecule has 0 atom stereocenters. The number of hydrogen-bond acceptors (Lipinski definition) is 4. The lowest BCUT2D eigenvalue weighted by molar-refractivity contribution is -0.137. The predicted molar refractivity (Wildman–Crippen MR) is 88.8 cm³/mol. The summed E-state index contributed by atoms with van der Waals surface area (Å²) in [5.41, 5.74) is 0.668. The number of alkyl halides is 3. The molecule has 10 heteroatoms. The van der Waals surface area contributed by atoms with Crippen molar-refractivity contribution < 1.29 is 22.8 Å². The number of anilines is 1. The van der Waals surface area contributed by atoms with E-state index in [9.17, 15) is 18.0 Å². The van der Waals surface area contributed by atoms with Crippen molar-refractivity contribution in [3.05, 3.63) is 52.5 Å². The number of benzene rings is 2. The molecule has 6 nitrogen and oxygen atoms in total. The van der Waals surface area contributed by atoms with E-state index in [-0.39, 0.29) is 11.0 Å². The molecule has 3 rings (SSSR count). The van der Waals surface area contributed by atoms with Crippen LogP contribution in [0.2, 0.25) is 5.02 Å². The van der Waals surface area contributed by atoms with Crippen molar-refractivity contribution in [2.75, 3.05) is 11.9 Å². The minimum absolute atomic E-state index is 0.000920. The average Bonchev–Trinajstić information content (AvgIpc) is 2.97. The smallest absolute Gasteiger partial charge is 0.385 e. The molecule has 2 aromatic carbocycles. The summed E-state index contributed by atoms with van der Waals surface area (Å²) in [6.07, 6.45) is -4.51. The summed E-state index contributed by atoms with van der Waals surface area (Å²) in [4.78, 5) is 17.9. The van der Waals surface area contributed by atoms with Gasteiger partial charge in [0.1, 0.15) is 11.0 Å². The van der Waals surface area contributed by atoms with Crippen molar-refractivity contribution >= 4 is 34.2 Å². The Bertz CT molecular complexity index is 972. The van der Waals surface area contributed by atoms with Gasteiger partial charge in [-0.05, 0) is 48.0 Å². The van der Waals surface area contributed by atoms with E-state index in [0.717, 1.165) is 22.5 Å². The average molecular weight is 385 g/mol. The van der Waals surface area contributed by atoms with Crippen LogP contribution >= 0.6 is 11.6 Å². The number of hydrogen-bond donors (Lipinski definition) is 1. The van der Waals surface area contributed by atoms with Crippen LogP contribution in [0.25, 0.3) is 11.0 Å². The van der Waals surface area contributed by atoms with Crippen LogP contribution < -0.4 is 10.2 Å². The molecule has 0 spiro atoms. The molecule has 1 N–H and O–H groups in total. The highest BCUT2D eigenvalue weighted by Crippen LogP contribution is 2.30. The molecule has 26 heavy (non-hydrogen) atoms. The molecule has 0 bridgehead atoms. The molecule has 1 aromatic heterocycles. The highest BCUT2D eigenvalue weighted by molar-refractivity contribution is 6.33. The predicted octanol–water partition coefficient (Wildman–Crippen LogP) is 3.48. The molecule has 0 aliphatic heterocycles. The molecule has 0 aliphatic carbocycles. The zero-order valence-electron chi connectivity index (χ0n) is 13.3. The second-order valence-electron chi connectivity index (χ2n) is 5.47. The summed E-state index contributed by atoms with van der Waals surface area (Å²) in [5.74, 6) is -0.550. The highest BCUT2D eigenvalue weighted by atomic mass is 35.5. The van der Waals surface area contributed by atoms with Crippen LogP contribution in [0.4, 0.5) is 18.9 Å². The molecule has 3 aromatic rings. The number of nitrogens with one attached hydrogen (secondary N) is 1. The molecule has 136 valence electrons.